The summed E-state index contributed by atoms with van der Waals surface area (Å²) in [4.78, 5) is 18.0. The molecule has 19 heavy (non-hydrogen) atoms. The highest BCUT2D eigenvalue weighted by atomic mass is 32.1. The predicted octanol–water partition coefficient (Wildman–Crippen LogP) is 1.99. The number of carbonyl (C=O) groups excluding carboxylic acids is 1. The summed E-state index contributed by atoms with van der Waals surface area (Å²) in [6.45, 7) is 0. The second kappa shape index (κ2) is 5.58. The molecule has 0 atom stereocenters. The highest BCUT2D eigenvalue weighted by Crippen LogP contribution is 2.17. The molecule has 0 aliphatic rings. The Hall–Kier alpha value is -2.27. The van der Waals surface area contributed by atoms with Crippen LogP contribution in [0.3, 0.4) is 0 Å². The van der Waals surface area contributed by atoms with Gasteiger partial charge in [-0.1, -0.05) is 24.4 Å². The Balaban J connectivity index is 2.29. The van der Waals surface area contributed by atoms with Gasteiger partial charge in [0.05, 0.1) is 5.56 Å². The van der Waals surface area contributed by atoms with Gasteiger partial charge in [0, 0.05) is 30.7 Å². The number of nitrogens with two attached hydrogens (primary N) is 1. The fourth-order valence-corrected chi connectivity index (χ4v) is 1.79. The van der Waals surface area contributed by atoms with E-state index in [1.165, 1.54) is 6.20 Å². The van der Waals surface area contributed by atoms with Crippen molar-refractivity contribution in [3.8, 4) is 0 Å². The van der Waals surface area contributed by atoms with Crippen LogP contribution in [0.1, 0.15) is 15.9 Å². The van der Waals surface area contributed by atoms with Crippen molar-refractivity contribution in [3.63, 3.8) is 0 Å². The molecule has 0 spiro atoms. The maximum absolute atomic E-state index is 12.2. The molecule has 4 nitrogen and oxygen atoms in total. The molecule has 0 aliphatic heterocycles. The summed E-state index contributed by atoms with van der Waals surface area (Å²) in [5.74, 6) is -0.131. The first-order valence-corrected chi connectivity index (χ1v) is 6.08. The van der Waals surface area contributed by atoms with Crippen molar-refractivity contribution in [2.75, 3.05) is 11.9 Å². The number of anilines is 1. The molecule has 0 saturated carbocycles. The number of amides is 1. The van der Waals surface area contributed by atoms with Crippen molar-refractivity contribution in [3.05, 3.63) is 59.9 Å². The third-order valence-corrected chi connectivity index (χ3v) is 2.97. The van der Waals surface area contributed by atoms with Crippen LogP contribution in [0.5, 0.6) is 0 Å². The Bertz CT molecular complexity index is 613. The molecule has 2 aromatic rings. The normalized spacial score (nSPS) is 9.95. The second-order valence-electron chi connectivity index (χ2n) is 4.02. The highest BCUT2D eigenvalue weighted by molar-refractivity contribution is 7.80. The van der Waals surface area contributed by atoms with Gasteiger partial charge in [-0.15, -0.1) is 0 Å². The van der Waals surface area contributed by atoms with Gasteiger partial charge in [-0.05, 0) is 24.3 Å². The summed E-state index contributed by atoms with van der Waals surface area (Å²) >= 11 is 4.93. The Morgan fingerprint density at radius 3 is 2.63 bits per heavy atom. The monoisotopic (exact) mass is 271 g/mol. The molecule has 0 fully saturated rings. The van der Waals surface area contributed by atoms with E-state index < -0.39 is 0 Å². The number of benzene rings is 1. The fourth-order valence-electron chi connectivity index (χ4n) is 1.67. The van der Waals surface area contributed by atoms with Crippen molar-refractivity contribution in [2.24, 2.45) is 5.73 Å². The fraction of sp³-hybridized carbons (Fsp3) is 0.0714. The zero-order valence-electron chi connectivity index (χ0n) is 10.4. The molecule has 1 amide bonds. The summed E-state index contributed by atoms with van der Waals surface area (Å²) < 4.78 is 0. The van der Waals surface area contributed by atoms with E-state index in [0.717, 1.165) is 11.3 Å². The number of thiocarbonyl (C=S) groups is 1. The Labute approximate surface area is 116 Å². The Morgan fingerprint density at radius 1 is 1.26 bits per heavy atom. The van der Waals surface area contributed by atoms with E-state index in [0.29, 0.717) is 10.6 Å². The summed E-state index contributed by atoms with van der Waals surface area (Å²) in [5, 5.41) is 0. The molecule has 1 aromatic carbocycles. The molecule has 96 valence electrons. The van der Waals surface area contributed by atoms with Crippen molar-refractivity contribution >= 4 is 28.8 Å². The van der Waals surface area contributed by atoms with Crippen molar-refractivity contribution in [1.29, 1.82) is 0 Å². The highest BCUT2D eigenvalue weighted by Gasteiger charge is 2.13. The predicted molar refractivity (Wildman–Crippen MR) is 79.3 cm³/mol. The molecule has 0 aliphatic carbocycles. The quantitative estimate of drug-likeness (QED) is 0.867. The van der Waals surface area contributed by atoms with E-state index >= 15 is 0 Å². The van der Waals surface area contributed by atoms with E-state index in [1.54, 1.807) is 36.3 Å². The number of hydrogen-bond donors (Lipinski definition) is 1. The molecule has 0 radical (unpaired) electrons. The van der Waals surface area contributed by atoms with E-state index in [1.807, 2.05) is 18.2 Å². The largest absolute Gasteiger partial charge is 0.389 e. The molecule has 0 saturated heterocycles. The average Bonchev–Trinajstić information content (AvgIpc) is 2.46. The zero-order valence-corrected chi connectivity index (χ0v) is 11.2. The van der Waals surface area contributed by atoms with Gasteiger partial charge >= 0.3 is 0 Å². The first-order valence-electron chi connectivity index (χ1n) is 5.67. The van der Waals surface area contributed by atoms with Crippen molar-refractivity contribution in [1.82, 2.24) is 4.98 Å². The Morgan fingerprint density at radius 2 is 2.00 bits per heavy atom. The Kier molecular flexibility index (Phi) is 3.87. The number of hydrogen-bond acceptors (Lipinski definition) is 3. The van der Waals surface area contributed by atoms with Gasteiger partial charge in [0.25, 0.3) is 5.91 Å². The average molecular weight is 271 g/mol. The van der Waals surface area contributed by atoms with Crippen molar-refractivity contribution < 1.29 is 4.79 Å². The topological polar surface area (TPSA) is 59.2 Å². The lowest BCUT2D eigenvalue weighted by molar-refractivity contribution is 0.0992. The lowest BCUT2D eigenvalue weighted by Crippen LogP contribution is -2.26. The van der Waals surface area contributed by atoms with Gasteiger partial charge < -0.3 is 10.6 Å². The first-order chi connectivity index (χ1) is 9.09. The van der Waals surface area contributed by atoms with Crippen LogP contribution in [-0.4, -0.2) is 22.9 Å². The van der Waals surface area contributed by atoms with Gasteiger partial charge in [-0.2, -0.15) is 0 Å². The van der Waals surface area contributed by atoms with Gasteiger partial charge in [-0.3, -0.25) is 9.78 Å². The maximum atomic E-state index is 12.2. The number of rotatable bonds is 3. The number of aromatic nitrogens is 1. The molecule has 0 bridgehead atoms. The van der Waals surface area contributed by atoms with E-state index in [4.69, 9.17) is 18.0 Å². The molecule has 2 N–H and O–H groups in total. The molecule has 5 heteroatoms. The maximum Gasteiger partial charge on any atom is 0.259 e. The number of nitrogens with zero attached hydrogens (tertiary/aromatic N) is 2. The summed E-state index contributed by atoms with van der Waals surface area (Å²) in [5.41, 5.74) is 7.59. The molecule has 2 rings (SSSR count). The van der Waals surface area contributed by atoms with E-state index in [-0.39, 0.29) is 5.91 Å². The lowest BCUT2D eigenvalue weighted by Gasteiger charge is -2.17. The minimum atomic E-state index is -0.131. The van der Waals surface area contributed by atoms with Gasteiger partial charge in [0.2, 0.25) is 0 Å². The number of pyridine rings is 1. The second-order valence-corrected chi connectivity index (χ2v) is 4.46. The van der Waals surface area contributed by atoms with Crippen LogP contribution in [0.4, 0.5) is 5.69 Å². The van der Waals surface area contributed by atoms with Gasteiger partial charge in [0.1, 0.15) is 4.99 Å². The van der Waals surface area contributed by atoms with Gasteiger partial charge in [-0.25, -0.2) is 0 Å². The summed E-state index contributed by atoms with van der Waals surface area (Å²) in [6.07, 6.45) is 3.17. The minimum Gasteiger partial charge on any atom is -0.389 e. The SMILES string of the molecule is CN(C(=O)c1cccnc1)c1cccc(C(N)=S)c1. The zero-order chi connectivity index (χ0) is 13.8. The van der Waals surface area contributed by atoms with Gasteiger partial charge in [0.15, 0.2) is 0 Å². The van der Waals surface area contributed by atoms with Crippen molar-refractivity contribution in [2.45, 2.75) is 0 Å². The summed E-state index contributed by atoms with van der Waals surface area (Å²) in [7, 11) is 1.70. The molecule has 1 heterocycles. The lowest BCUT2D eigenvalue weighted by atomic mass is 10.1. The van der Waals surface area contributed by atoms with Crippen LogP contribution < -0.4 is 10.6 Å². The van der Waals surface area contributed by atoms with Crippen LogP contribution in [0.2, 0.25) is 0 Å². The van der Waals surface area contributed by atoms with Crippen LogP contribution in [-0.2, 0) is 0 Å². The third-order valence-electron chi connectivity index (χ3n) is 2.73. The van der Waals surface area contributed by atoms with Crippen LogP contribution in [0, 0.1) is 0 Å². The van der Waals surface area contributed by atoms with Crippen LogP contribution >= 0.6 is 12.2 Å². The third kappa shape index (κ3) is 2.95. The smallest absolute Gasteiger partial charge is 0.259 e. The summed E-state index contributed by atoms with van der Waals surface area (Å²) in [6, 6.07) is 10.7. The molecule has 1 aromatic heterocycles. The first kappa shape index (κ1) is 13.2. The molecular weight excluding hydrogens is 258 g/mol. The molecule has 0 unspecified atom stereocenters. The molecular formula is C14H13N3OS. The van der Waals surface area contributed by atoms with Crippen LogP contribution in [0.15, 0.2) is 48.8 Å². The van der Waals surface area contributed by atoms with E-state index in [2.05, 4.69) is 4.98 Å². The standard InChI is InChI=1S/C14H13N3OS/c1-17(14(18)11-5-3-7-16-9-11)12-6-2-4-10(8-12)13(15)19/h2-9H,1H3,(H2,15,19). The minimum absolute atomic E-state index is 0.131. The van der Waals surface area contributed by atoms with E-state index in [9.17, 15) is 4.79 Å². The number of carbonyl (C=O) groups is 1. The van der Waals surface area contributed by atoms with Crippen LogP contribution in [0.25, 0.3) is 0 Å².